The van der Waals surface area contributed by atoms with Crippen LogP contribution in [0.15, 0.2) is 17.4 Å². The molecule has 23 heavy (non-hydrogen) atoms. The van der Waals surface area contributed by atoms with E-state index in [-0.39, 0.29) is 34.8 Å². The Morgan fingerprint density at radius 2 is 2.30 bits per heavy atom. The molecular weight excluding hydrogens is 425 g/mol. The molecule has 1 unspecified atom stereocenters. The minimum atomic E-state index is 0. The molecule has 8 heteroatoms. The second kappa shape index (κ2) is 9.12. The maximum atomic E-state index is 5.89. The molecule has 0 amide bonds. The van der Waals surface area contributed by atoms with E-state index in [2.05, 4.69) is 40.4 Å². The lowest BCUT2D eigenvalue weighted by atomic mass is 10.1. The third-order valence-corrected chi connectivity index (χ3v) is 5.15. The monoisotopic (exact) mass is 453 g/mol. The number of hydrogen-bond donors (Lipinski definition) is 1. The van der Waals surface area contributed by atoms with E-state index < -0.39 is 0 Å². The zero-order chi connectivity index (χ0) is 16.2. The van der Waals surface area contributed by atoms with Crippen LogP contribution in [0.5, 0.6) is 0 Å². The van der Waals surface area contributed by atoms with Gasteiger partial charge in [-0.3, -0.25) is 9.67 Å². The molecule has 0 aliphatic carbocycles. The summed E-state index contributed by atoms with van der Waals surface area (Å²) < 4.78 is 7.88. The van der Waals surface area contributed by atoms with Crippen LogP contribution in [0.4, 0.5) is 0 Å². The van der Waals surface area contributed by atoms with Crippen LogP contribution in [-0.4, -0.2) is 64.9 Å². The largest absolute Gasteiger partial charge is 0.370 e. The van der Waals surface area contributed by atoms with Crippen molar-refractivity contribution in [1.82, 2.24) is 20.0 Å². The number of hydrogen-bond acceptors (Lipinski definition) is 4. The second-order valence-electron chi connectivity index (χ2n) is 6.12. The minimum Gasteiger partial charge on any atom is -0.370 e. The Kier molecular flexibility index (Phi) is 8.15. The smallest absolute Gasteiger partial charge is 0.193 e. The van der Waals surface area contributed by atoms with Crippen LogP contribution in [0, 0.1) is 0 Å². The van der Waals surface area contributed by atoms with Gasteiger partial charge in [0, 0.05) is 43.7 Å². The summed E-state index contributed by atoms with van der Waals surface area (Å²) >= 11 is 1.85. The molecule has 2 rings (SSSR count). The average Bonchev–Trinajstić information content (AvgIpc) is 2.95. The van der Waals surface area contributed by atoms with E-state index in [0.29, 0.717) is 6.61 Å². The number of rotatable bonds is 4. The number of thioether (sulfide) groups is 1. The van der Waals surface area contributed by atoms with Crippen molar-refractivity contribution in [1.29, 1.82) is 0 Å². The Bertz CT molecular complexity index is 520. The maximum absolute atomic E-state index is 5.89. The zero-order valence-electron chi connectivity index (χ0n) is 14.6. The first-order chi connectivity index (χ1) is 10.4. The van der Waals surface area contributed by atoms with Crippen molar-refractivity contribution < 1.29 is 4.74 Å². The SMILES string of the molecule is CN=C(NCC(C)(C)SC)N1CCOC(c2cnn(C)c2)C1.I. The van der Waals surface area contributed by atoms with Crippen molar-refractivity contribution in [2.24, 2.45) is 12.0 Å². The number of aliphatic imine (C=N–C) groups is 1. The van der Waals surface area contributed by atoms with E-state index in [1.807, 2.05) is 42.9 Å². The molecule has 1 aromatic heterocycles. The summed E-state index contributed by atoms with van der Waals surface area (Å²) in [5.74, 6) is 0.944. The highest BCUT2D eigenvalue weighted by Gasteiger charge is 2.26. The van der Waals surface area contributed by atoms with Gasteiger partial charge in [0.1, 0.15) is 6.10 Å². The number of aromatic nitrogens is 2. The van der Waals surface area contributed by atoms with Crippen molar-refractivity contribution >= 4 is 41.7 Å². The molecule has 1 aliphatic rings. The Morgan fingerprint density at radius 1 is 1.57 bits per heavy atom. The standard InChI is InChI=1S/C15H27N5OS.HI/c1-15(2,22-5)11-17-14(16-3)20-6-7-21-13(10-20)12-8-18-19(4)9-12;/h8-9,13H,6-7,10-11H2,1-5H3,(H,16,17);1H. The van der Waals surface area contributed by atoms with E-state index in [0.717, 1.165) is 31.2 Å². The van der Waals surface area contributed by atoms with Gasteiger partial charge < -0.3 is 15.0 Å². The van der Waals surface area contributed by atoms with Crippen LogP contribution in [-0.2, 0) is 11.8 Å². The third-order valence-electron chi connectivity index (χ3n) is 3.90. The predicted molar refractivity (Wildman–Crippen MR) is 108 cm³/mol. The van der Waals surface area contributed by atoms with Gasteiger partial charge in [0.2, 0.25) is 0 Å². The molecule has 0 bridgehead atoms. The van der Waals surface area contributed by atoms with Crippen molar-refractivity contribution in [3.8, 4) is 0 Å². The summed E-state index contributed by atoms with van der Waals surface area (Å²) in [6.45, 7) is 7.70. The summed E-state index contributed by atoms with van der Waals surface area (Å²) in [6.07, 6.45) is 6.08. The Hall–Kier alpha value is -0.480. The highest BCUT2D eigenvalue weighted by molar-refractivity contribution is 14.0. The molecule has 132 valence electrons. The number of nitrogens with zero attached hydrogens (tertiary/aromatic N) is 4. The van der Waals surface area contributed by atoms with Crippen molar-refractivity contribution in [3.05, 3.63) is 18.0 Å². The topological polar surface area (TPSA) is 54.7 Å². The zero-order valence-corrected chi connectivity index (χ0v) is 17.7. The highest BCUT2D eigenvalue weighted by atomic mass is 127. The lowest BCUT2D eigenvalue weighted by Gasteiger charge is -2.36. The van der Waals surface area contributed by atoms with E-state index in [1.165, 1.54) is 0 Å². The lowest BCUT2D eigenvalue weighted by Crippen LogP contribution is -2.50. The minimum absolute atomic E-state index is 0. The van der Waals surface area contributed by atoms with Crippen molar-refractivity contribution in [3.63, 3.8) is 0 Å². The van der Waals surface area contributed by atoms with Gasteiger partial charge in [-0.1, -0.05) is 0 Å². The number of nitrogens with one attached hydrogen (secondary N) is 1. The number of ether oxygens (including phenoxy) is 1. The van der Waals surface area contributed by atoms with Crippen LogP contribution in [0.25, 0.3) is 0 Å². The van der Waals surface area contributed by atoms with Crippen molar-refractivity contribution in [2.75, 3.05) is 39.5 Å². The van der Waals surface area contributed by atoms with Gasteiger partial charge in [-0.25, -0.2) is 0 Å². The lowest BCUT2D eigenvalue weighted by molar-refractivity contribution is -0.00803. The Balaban J connectivity index is 0.00000264. The number of guanidine groups is 1. The van der Waals surface area contributed by atoms with Crippen molar-refractivity contribution in [2.45, 2.75) is 24.7 Å². The fourth-order valence-electron chi connectivity index (χ4n) is 2.35. The first kappa shape index (κ1) is 20.6. The molecule has 1 saturated heterocycles. The molecule has 0 saturated carbocycles. The predicted octanol–water partition coefficient (Wildman–Crippen LogP) is 2.13. The van der Waals surface area contributed by atoms with Gasteiger partial charge in [-0.2, -0.15) is 16.9 Å². The maximum Gasteiger partial charge on any atom is 0.193 e. The number of morpholine rings is 1. The molecule has 1 aromatic rings. The first-order valence-electron chi connectivity index (χ1n) is 7.56. The van der Waals surface area contributed by atoms with Gasteiger partial charge in [-0.15, -0.1) is 24.0 Å². The van der Waals surface area contributed by atoms with E-state index in [1.54, 1.807) is 0 Å². The van der Waals surface area contributed by atoms with Gasteiger partial charge >= 0.3 is 0 Å². The molecule has 0 spiro atoms. The molecule has 0 aromatic carbocycles. The summed E-state index contributed by atoms with van der Waals surface area (Å²) in [7, 11) is 3.76. The van der Waals surface area contributed by atoms with Gasteiger partial charge in [0.05, 0.1) is 19.3 Å². The molecule has 1 aliphatic heterocycles. The summed E-state index contributed by atoms with van der Waals surface area (Å²) in [4.78, 5) is 6.69. The van der Waals surface area contributed by atoms with Crippen LogP contribution in [0.1, 0.15) is 25.5 Å². The normalized spacial score (nSPS) is 19.4. The molecular formula is C15H28IN5OS. The Morgan fingerprint density at radius 3 is 2.87 bits per heavy atom. The molecule has 1 fully saturated rings. The van der Waals surface area contributed by atoms with Crippen LogP contribution < -0.4 is 5.32 Å². The van der Waals surface area contributed by atoms with E-state index in [9.17, 15) is 0 Å². The van der Waals surface area contributed by atoms with E-state index in [4.69, 9.17) is 4.74 Å². The average molecular weight is 453 g/mol. The fraction of sp³-hybridized carbons (Fsp3) is 0.733. The molecule has 0 radical (unpaired) electrons. The third kappa shape index (κ3) is 5.82. The quantitative estimate of drug-likeness (QED) is 0.430. The van der Waals surface area contributed by atoms with Gasteiger partial charge in [0.15, 0.2) is 5.96 Å². The number of aryl methyl sites for hydroxylation is 1. The molecule has 6 nitrogen and oxygen atoms in total. The molecule has 2 heterocycles. The highest BCUT2D eigenvalue weighted by Crippen LogP contribution is 2.22. The second-order valence-corrected chi connectivity index (χ2v) is 7.63. The van der Waals surface area contributed by atoms with E-state index >= 15 is 0 Å². The van der Waals surface area contributed by atoms with Gasteiger partial charge in [-0.05, 0) is 20.1 Å². The molecule has 1 atom stereocenters. The summed E-state index contributed by atoms with van der Waals surface area (Å²) in [6, 6.07) is 0. The van der Waals surface area contributed by atoms with Crippen LogP contribution >= 0.6 is 35.7 Å². The molecule has 1 N–H and O–H groups in total. The summed E-state index contributed by atoms with van der Waals surface area (Å²) in [5, 5.41) is 7.72. The Labute approximate surface area is 160 Å². The first-order valence-corrected chi connectivity index (χ1v) is 8.78. The fourth-order valence-corrected chi connectivity index (χ4v) is 2.56. The number of halogens is 1. The van der Waals surface area contributed by atoms with Crippen LogP contribution in [0.2, 0.25) is 0 Å². The summed E-state index contributed by atoms with van der Waals surface area (Å²) in [5.41, 5.74) is 1.12. The van der Waals surface area contributed by atoms with Crippen LogP contribution in [0.3, 0.4) is 0 Å². The van der Waals surface area contributed by atoms with Gasteiger partial charge in [0.25, 0.3) is 0 Å².